The van der Waals surface area contributed by atoms with Crippen LogP contribution in [0.25, 0.3) is 0 Å². The van der Waals surface area contributed by atoms with Crippen LogP contribution in [-0.4, -0.2) is 24.0 Å². The van der Waals surface area contributed by atoms with Gasteiger partial charge in [0.1, 0.15) is 0 Å². The van der Waals surface area contributed by atoms with E-state index in [4.69, 9.17) is 26.8 Å². The summed E-state index contributed by atoms with van der Waals surface area (Å²) in [4.78, 5) is 4.23. The first kappa shape index (κ1) is 11.6. The molecule has 88 valence electrons. The SMILES string of the molecule is CC1(C)OCC(c2ncc(N)cc2Cl)CO1. The van der Waals surface area contributed by atoms with Crippen molar-refractivity contribution in [2.45, 2.75) is 25.6 Å². The minimum Gasteiger partial charge on any atom is -0.397 e. The summed E-state index contributed by atoms with van der Waals surface area (Å²) < 4.78 is 11.1. The number of hydrogen-bond acceptors (Lipinski definition) is 4. The lowest BCUT2D eigenvalue weighted by atomic mass is 10.1. The van der Waals surface area contributed by atoms with E-state index in [0.29, 0.717) is 23.9 Å². The van der Waals surface area contributed by atoms with Gasteiger partial charge in [0.2, 0.25) is 0 Å². The number of nitrogens with zero attached hydrogens (tertiary/aromatic N) is 1. The summed E-state index contributed by atoms with van der Waals surface area (Å²) in [6, 6.07) is 1.70. The quantitative estimate of drug-likeness (QED) is 0.820. The summed E-state index contributed by atoms with van der Waals surface area (Å²) in [5.41, 5.74) is 6.94. The van der Waals surface area contributed by atoms with E-state index in [0.717, 1.165) is 5.69 Å². The second-order valence-electron chi connectivity index (χ2n) is 4.35. The van der Waals surface area contributed by atoms with E-state index in [9.17, 15) is 0 Å². The summed E-state index contributed by atoms with van der Waals surface area (Å²) in [7, 11) is 0. The zero-order valence-corrected chi connectivity index (χ0v) is 10.1. The van der Waals surface area contributed by atoms with Crippen molar-refractivity contribution in [3.8, 4) is 0 Å². The molecule has 1 aliphatic rings. The molecule has 1 aromatic heterocycles. The fraction of sp³-hybridized carbons (Fsp3) is 0.545. The molecule has 0 aromatic carbocycles. The van der Waals surface area contributed by atoms with Crippen LogP contribution in [-0.2, 0) is 9.47 Å². The minimum atomic E-state index is -0.517. The molecular weight excluding hydrogens is 228 g/mol. The smallest absolute Gasteiger partial charge is 0.162 e. The van der Waals surface area contributed by atoms with E-state index >= 15 is 0 Å². The largest absolute Gasteiger partial charge is 0.397 e. The molecule has 0 unspecified atom stereocenters. The van der Waals surface area contributed by atoms with Gasteiger partial charge in [0, 0.05) is 5.92 Å². The summed E-state index contributed by atoms with van der Waals surface area (Å²) in [6.45, 7) is 4.90. The van der Waals surface area contributed by atoms with Gasteiger partial charge >= 0.3 is 0 Å². The monoisotopic (exact) mass is 242 g/mol. The Labute approximate surface area is 99.7 Å². The molecule has 5 heteroatoms. The third-order valence-electron chi connectivity index (χ3n) is 2.54. The Kier molecular flexibility index (Phi) is 3.06. The third kappa shape index (κ3) is 2.45. The first-order valence-electron chi connectivity index (χ1n) is 5.17. The Morgan fingerprint density at radius 2 is 2.06 bits per heavy atom. The molecule has 0 amide bonds. The molecule has 2 N–H and O–H groups in total. The summed E-state index contributed by atoms with van der Waals surface area (Å²) in [5, 5.41) is 0.567. The topological polar surface area (TPSA) is 57.4 Å². The highest BCUT2D eigenvalue weighted by atomic mass is 35.5. The first-order chi connectivity index (χ1) is 7.48. The number of nitrogens with two attached hydrogens (primary N) is 1. The lowest BCUT2D eigenvalue weighted by Gasteiger charge is -2.34. The van der Waals surface area contributed by atoms with Crippen molar-refractivity contribution >= 4 is 17.3 Å². The molecule has 1 aromatic rings. The van der Waals surface area contributed by atoms with E-state index in [2.05, 4.69) is 4.98 Å². The van der Waals surface area contributed by atoms with Crippen LogP contribution in [0.2, 0.25) is 5.02 Å². The van der Waals surface area contributed by atoms with Crippen LogP contribution in [0.1, 0.15) is 25.5 Å². The summed E-state index contributed by atoms with van der Waals surface area (Å²) in [5.74, 6) is -0.447. The van der Waals surface area contributed by atoms with Gasteiger partial charge < -0.3 is 15.2 Å². The predicted octanol–water partition coefficient (Wildman–Crippen LogP) is 2.18. The Morgan fingerprint density at radius 3 is 2.62 bits per heavy atom. The zero-order valence-electron chi connectivity index (χ0n) is 9.37. The second kappa shape index (κ2) is 4.20. The van der Waals surface area contributed by atoms with E-state index in [-0.39, 0.29) is 5.92 Å². The van der Waals surface area contributed by atoms with Crippen molar-refractivity contribution in [2.24, 2.45) is 0 Å². The fourth-order valence-electron chi connectivity index (χ4n) is 1.61. The van der Waals surface area contributed by atoms with Crippen molar-refractivity contribution in [3.63, 3.8) is 0 Å². The molecule has 0 saturated carbocycles. The standard InChI is InChI=1S/C11H15ClN2O2/c1-11(2)15-5-7(6-16-11)10-9(12)3-8(13)4-14-10/h3-4,7H,5-6,13H2,1-2H3. The van der Waals surface area contributed by atoms with Crippen molar-refractivity contribution in [1.29, 1.82) is 0 Å². The first-order valence-corrected chi connectivity index (χ1v) is 5.54. The van der Waals surface area contributed by atoms with E-state index < -0.39 is 5.79 Å². The van der Waals surface area contributed by atoms with Gasteiger partial charge in [-0.05, 0) is 19.9 Å². The minimum absolute atomic E-state index is 0.0705. The van der Waals surface area contributed by atoms with Gasteiger partial charge in [0.25, 0.3) is 0 Å². The molecule has 0 spiro atoms. The maximum atomic E-state index is 6.08. The average Bonchev–Trinajstić information content (AvgIpc) is 2.19. The number of nitrogen functional groups attached to an aromatic ring is 1. The third-order valence-corrected chi connectivity index (χ3v) is 2.84. The van der Waals surface area contributed by atoms with Crippen LogP contribution in [0.5, 0.6) is 0 Å². The molecule has 1 fully saturated rings. The van der Waals surface area contributed by atoms with Crippen LogP contribution in [0, 0.1) is 0 Å². The molecule has 1 aliphatic heterocycles. The van der Waals surface area contributed by atoms with Crippen molar-refractivity contribution in [2.75, 3.05) is 18.9 Å². The number of pyridine rings is 1. The fourth-order valence-corrected chi connectivity index (χ4v) is 1.94. The number of hydrogen-bond donors (Lipinski definition) is 1. The Morgan fingerprint density at radius 1 is 1.44 bits per heavy atom. The Hall–Kier alpha value is -0.840. The van der Waals surface area contributed by atoms with Gasteiger partial charge in [-0.25, -0.2) is 0 Å². The molecule has 0 bridgehead atoms. The van der Waals surface area contributed by atoms with Crippen LogP contribution in [0.15, 0.2) is 12.3 Å². The molecule has 2 rings (SSSR count). The molecule has 0 atom stereocenters. The molecule has 4 nitrogen and oxygen atoms in total. The highest BCUT2D eigenvalue weighted by molar-refractivity contribution is 6.31. The van der Waals surface area contributed by atoms with Crippen LogP contribution in [0.4, 0.5) is 5.69 Å². The highest BCUT2D eigenvalue weighted by Crippen LogP contribution is 2.30. The lowest BCUT2D eigenvalue weighted by molar-refractivity contribution is -0.251. The number of aromatic nitrogens is 1. The summed E-state index contributed by atoms with van der Waals surface area (Å²) >= 11 is 6.08. The zero-order chi connectivity index (χ0) is 11.8. The molecular formula is C11H15ClN2O2. The van der Waals surface area contributed by atoms with Crippen molar-refractivity contribution in [3.05, 3.63) is 23.0 Å². The van der Waals surface area contributed by atoms with Crippen molar-refractivity contribution < 1.29 is 9.47 Å². The number of anilines is 1. The number of ether oxygens (including phenoxy) is 2. The van der Waals surface area contributed by atoms with Gasteiger partial charge in [0.05, 0.1) is 35.8 Å². The van der Waals surface area contributed by atoms with Gasteiger partial charge in [-0.2, -0.15) is 0 Å². The summed E-state index contributed by atoms with van der Waals surface area (Å²) in [6.07, 6.45) is 1.60. The van der Waals surface area contributed by atoms with E-state index in [1.807, 2.05) is 13.8 Å². The van der Waals surface area contributed by atoms with Gasteiger partial charge in [-0.15, -0.1) is 0 Å². The second-order valence-corrected chi connectivity index (χ2v) is 4.76. The lowest BCUT2D eigenvalue weighted by Crippen LogP contribution is -2.38. The Balaban J connectivity index is 2.14. The van der Waals surface area contributed by atoms with E-state index in [1.165, 1.54) is 0 Å². The normalized spacial score (nSPS) is 20.9. The predicted molar refractivity (Wildman–Crippen MR) is 62.4 cm³/mol. The average molecular weight is 243 g/mol. The Bertz CT molecular complexity index is 386. The van der Waals surface area contributed by atoms with Crippen molar-refractivity contribution in [1.82, 2.24) is 4.98 Å². The van der Waals surface area contributed by atoms with Crippen LogP contribution >= 0.6 is 11.6 Å². The molecule has 0 radical (unpaired) electrons. The van der Waals surface area contributed by atoms with E-state index in [1.54, 1.807) is 12.3 Å². The van der Waals surface area contributed by atoms with Crippen LogP contribution in [0.3, 0.4) is 0 Å². The van der Waals surface area contributed by atoms with Gasteiger partial charge in [0.15, 0.2) is 5.79 Å². The maximum Gasteiger partial charge on any atom is 0.162 e. The van der Waals surface area contributed by atoms with Crippen LogP contribution < -0.4 is 5.73 Å². The maximum absolute atomic E-state index is 6.08. The highest BCUT2D eigenvalue weighted by Gasteiger charge is 2.30. The number of halogens is 1. The molecule has 16 heavy (non-hydrogen) atoms. The molecule has 0 aliphatic carbocycles. The molecule has 2 heterocycles. The number of rotatable bonds is 1. The van der Waals surface area contributed by atoms with Gasteiger partial charge in [-0.3, -0.25) is 4.98 Å². The van der Waals surface area contributed by atoms with Gasteiger partial charge in [-0.1, -0.05) is 11.6 Å². The molecule has 1 saturated heterocycles.